The van der Waals surface area contributed by atoms with Gasteiger partial charge in [0.1, 0.15) is 0 Å². The molecule has 2 aromatic carbocycles. The van der Waals surface area contributed by atoms with E-state index in [9.17, 15) is 0 Å². The Labute approximate surface area is 126 Å². The van der Waals surface area contributed by atoms with E-state index < -0.39 is 0 Å². The van der Waals surface area contributed by atoms with Crippen molar-refractivity contribution in [2.24, 2.45) is 5.73 Å². The molecule has 20 heavy (non-hydrogen) atoms. The zero-order valence-corrected chi connectivity index (χ0v) is 13.6. The fourth-order valence-electron chi connectivity index (χ4n) is 2.75. The summed E-state index contributed by atoms with van der Waals surface area (Å²) in [5, 5.41) is 0. The van der Waals surface area contributed by atoms with E-state index in [1.165, 1.54) is 32.7 Å². The van der Waals surface area contributed by atoms with Crippen LogP contribution < -0.4 is 5.73 Å². The SMILES string of the molecule is Cc1cccc(SCC(N)c2c(C)cc(C)cc2C)c1. The minimum atomic E-state index is 0.0844. The van der Waals surface area contributed by atoms with Gasteiger partial charge in [-0.3, -0.25) is 0 Å². The summed E-state index contributed by atoms with van der Waals surface area (Å²) in [7, 11) is 0. The highest BCUT2D eigenvalue weighted by molar-refractivity contribution is 7.99. The Kier molecular flexibility index (Phi) is 4.90. The first-order chi connectivity index (χ1) is 9.47. The van der Waals surface area contributed by atoms with Crippen molar-refractivity contribution in [3.8, 4) is 0 Å². The van der Waals surface area contributed by atoms with Crippen molar-refractivity contribution in [3.63, 3.8) is 0 Å². The van der Waals surface area contributed by atoms with Crippen molar-refractivity contribution in [1.82, 2.24) is 0 Å². The molecule has 0 saturated carbocycles. The molecule has 0 spiro atoms. The van der Waals surface area contributed by atoms with Crippen LogP contribution in [-0.4, -0.2) is 5.75 Å². The maximum absolute atomic E-state index is 6.41. The standard InChI is InChI=1S/C18H23NS/c1-12-6-5-7-16(10-12)20-11-17(19)18-14(3)8-13(2)9-15(18)4/h5-10,17H,11,19H2,1-4H3. The first-order valence-electron chi connectivity index (χ1n) is 7.00. The third kappa shape index (κ3) is 3.65. The number of hydrogen-bond acceptors (Lipinski definition) is 2. The average molecular weight is 285 g/mol. The summed E-state index contributed by atoms with van der Waals surface area (Å²) < 4.78 is 0. The second-order valence-electron chi connectivity index (χ2n) is 5.55. The molecule has 0 aliphatic heterocycles. The minimum Gasteiger partial charge on any atom is -0.323 e. The maximum atomic E-state index is 6.41. The predicted octanol–water partition coefficient (Wildman–Crippen LogP) is 4.71. The quantitative estimate of drug-likeness (QED) is 0.823. The first-order valence-corrected chi connectivity index (χ1v) is 7.98. The summed E-state index contributed by atoms with van der Waals surface area (Å²) in [6.45, 7) is 8.58. The van der Waals surface area contributed by atoms with Crippen LogP contribution in [0.3, 0.4) is 0 Å². The van der Waals surface area contributed by atoms with Gasteiger partial charge in [-0.2, -0.15) is 0 Å². The van der Waals surface area contributed by atoms with Crippen LogP contribution in [0, 0.1) is 27.7 Å². The summed E-state index contributed by atoms with van der Waals surface area (Å²) in [4.78, 5) is 1.29. The molecule has 0 radical (unpaired) electrons. The Hall–Kier alpha value is -1.25. The van der Waals surface area contributed by atoms with Gasteiger partial charge in [0.25, 0.3) is 0 Å². The van der Waals surface area contributed by atoms with Gasteiger partial charge in [-0.1, -0.05) is 35.4 Å². The number of aryl methyl sites for hydroxylation is 4. The Morgan fingerprint density at radius 3 is 2.20 bits per heavy atom. The molecule has 0 heterocycles. The molecule has 0 saturated heterocycles. The number of thioether (sulfide) groups is 1. The van der Waals surface area contributed by atoms with E-state index in [1.54, 1.807) is 0 Å². The third-order valence-corrected chi connectivity index (χ3v) is 4.64. The van der Waals surface area contributed by atoms with Crippen LogP contribution >= 0.6 is 11.8 Å². The highest BCUT2D eigenvalue weighted by Crippen LogP contribution is 2.28. The lowest BCUT2D eigenvalue weighted by molar-refractivity contribution is 0.813. The molecule has 2 aromatic rings. The number of nitrogens with two attached hydrogens (primary N) is 1. The van der Waals surface area contributed by atoms with Gasteiger partial charge in [-0.25, -0.2) is 0 Å². The second-order valence-corrected chi connectivity index (χ2v) is 6.64. The van der Waals surface area contributed by atoms with E-state index in [0.29, 0.717) is 0 Å². The van der Waals surface area contributed by atoms with Crippen molar-refractivity contribution in [1.29, 1.82) is 0 Å². The summed E-state index contributed by atoms with van der Waals surface area (Å²) in [5.41, 5.74) is 12.9. The summed E-state index contributed by atoms with van der Waals surface area (Å²) in [6.07, 6.45) is 0. The molecule has 2 heteroatoms. The van der Waals surface area contributed by atoms with Crippen molar-refractivity contribution >= 4 is 11.8 Å². The Morgan fingerprint density at radius 2 is 1.60 bits per heavy atom. The lowest BCUT2D eigenvalue weighted by atomic mass is 9.95. The summed E-state index contributed by atoms with van der Waals surface area (Å²) in [5.74, 6) is 0.911. The van der Waals surface area contributed by atoms with Crippen LogP contribution in [0.2, 0.25) is 0 Å². The van der Waals surface area contributed by atoms with Gasteiger partial charge in [0, 0.05) is 16.7 Å². The second kappa shape index (κ2) is 6.47. The van der Waals surface area contributed by atoms with E-state index >= 15 is 0 Å². The molecule has 106 valence electrons. The highest BCUT2D eigenvalue weighted by atomic mass is 32.2. The predicted molar refractivity (Wildman–Crippen MR) is 89.5 cm³/mol. The number of rotatable bonds is 4. The van der Waals surface area contributed by atoms with Crippen LogP contribution in [0.15, 0.2) is 41.3 Å². The largest absolute Gasteiger partial charge is 0.323 e. The van der Waals surface area contributed by atoms with E-state index in [1.807, 2.05) is 11.8 Å². The van der Waals surface area contributed by atoms with Crippen molar-refractivity contribution < 1.29 is 0 Å². The van der Waals surface area contributed by atoms with E-state index in [4.69, 9.17) is 5.73 Å². The lowest BCUT2D eigenvalue weighted by Gasteiger charge is -2.18. The fourth-order valence-corrected chi connectivity index (χ4v) is 3.73. The van der Waals surface area contributed by atoms with Gasteiger partial charge in [0.05, 0.1) is 0 Å². The normalized spacial score (nSPS) is 12.4. The molecular formula is C18H23NS. The fraction of sp³-hybridized carbons (Fsp3) is 0.333. The Morgan fingerprint density at radius 1 is 0.950 bits per heavy atom. The third-order valence-electron chi connectivity index (χ3n) is 3.53. The van der Waals surface area contributed by atoms with Crippen LogP contribution in [0.4, 0.5) is 0 Å². The molecule has 2 rings (SSSR count). The van der Waals surface area contributed by atoms with E-state index in [2.05, 4.69) is 64.1 Å². The van der Waals surface area contributed by atoms with Gasteiger partial charge in [-0.15, -0.1) is 11.8 Å². The molecule has 0 bridgehead atoms. The molecule has 0 aromatic heterocycles. The maximum Gasteiger partial charge on any atom is 0.0395 e. The zero-order chi connectivity index (χ0) is 14.7. The first kappa shape index (κ1) is 15.1. The molecule has 1 atom stereocenters. The molecule has 1 unspecified atom stereocenters. The average Bonchev–Trinajstić information content (AvgIpc) is 2.35. The molecule has 1 nitrogen and oxygen atoms in total. The minimum absolute atomic E-state index is 0.0844. The van der Waals surface area contributed by atoms with Crippen LogP contribution in [-0.2, 0) is 0 Å². The van der Waals surface area contributed by atoms with Crippen molar-refractivity contribution in [2.45, 2.75) is 38.6 Å². The molecule has 2 N–H and O–H groups in total. The van der Waals surface area contributed by atoms with Crippen LogP contribution in [0.1, 0.15) is 33.9 Å². The Balaban J connectivity index is 2.11. The van der Waals surface area contributed by atoms with Crippen molar-refractivity contribution in [3.05, 3.63) is 64.2 Å². The summed E-state index contributed by atoms with van der Waals surface area (Å²) in [6, 6.07) is 13.1. The van der Waals surface area contributed by atoms with E-state index in [-0.39, 0.29) is 6.04 Å². The van der Waals surface area contributed by atoms with Crippen LogP contribution in [0.25, 0.3) is 0 Å². The van der Waals surface area contributed by atoms with Crippen molar-refractivity contribution in [2.75, 3.05) is 5.75 Å². The highest BCUT2D eigenvalue weighted by Gasteiger charge is 2.13. The van der Waals surface area contributed by atoms with Gasteiger partial charge >= 0.3 is 0 Å². The van der Waals surface area contributed by atoms with Gasteiger partial charge < -0.3 is 5.73 Å². The van der Waals surface area contributed by atoms with Crippen LogP contribution in [0.5, 0.6) is 0 Å². The van der Waals surface area contributed by atoms with Gasteiger partial charge in [0.2, 0.25) is 0 Å². The molecular weight excluding hydrogens is 262 g/mol. The van der Waals surface area contributed by atoms with Gasteiger partial charge in [-0.05, 0) is 56.5 Å². The number of hydrogen-bond donors (Lipinski definition) is 1. The zero-order valence-electron chi connectivity index (χ0n) is 12.7. The van der Waals surface area contributed by atoms with E-state index in [0.717, 1.165) is 5.75 Å². The molecule has 0 aliphatic carbocycles. The smallest absolute Gasteiger partial charge is 0.0395 e. The van der Waals surface area contributed by atoms with Gasteiger partial charge in [0.15, 0.2) is 0 Å². The monoisotopic (exact) mass is 285 g/mol. The topological polar surface area (TPSA) is 26.0 Å². The summed E-state index contributed by atoms with van der Waals surface area (Å²) >= 11 is 1.83. The molecule has 0 fully saturated rings. The molecule has 0 aliphatic rings. The number of benzene rings is 2. The Bertz CT molecular complexity index is 581. The molecule has 0 amide bonds. The lowest BCUT2D eigenvalue weighted by Crippen LogP contribution is -2.16.